The van der Waals surface area contributed by atoms with Gasteiger partial charge in [0.2, 0.25) is 0 Å². The molecule has 1 fully saturated rings. The topological polar surface area (TPSA) is 105 Å². The Morgan fingerprint density at radius 1 is 1.07 bits per heavy atom. The summed E-state index contributed by atoms with van der Waals surface area (Å²) in [6.45, 7) is 4.47. The van der Waals surface area contributed by atoms with Crippen LogP contribution in [0.25, 0.3) is 5.65 Å². The summed E-state index contributed by atoms with van der Waals surface area (Å²) in [5, 5.41) is 9.66. The van der Waals surface area contributed by atoms with Crippen molar-refractivity contribution in [3.63, 3.8) is 0 Å². The molecule has 12 heteroatoms. The van der Waals surface area contributed by atoms with E-state index in [2.05, 4.69) is 25.7 Å². The fraction of sp³-hybridized carbons (Fsp3) is 0.321. The van der Waals surface area contributed by atoms with E-state index in [0.29, 0.717) is 30.2 Å². The summed E-state index contributed by atoms with van der Waals surface area (Å²) < 4.78 is 38.1. The number of nitrogens with zero attached hydrogens (tertiary/aromatic N) is 5. The van der Waals surface area contributed by atoms with Gasteiger partial charge in [-0.1, -0.05) is 25.1 Å². The van der Waals surface area contributed by atoms with E-state index in [1.165, 1.54) is 22.8 Å². The van der Waals surface area contributed by atoms with Crippen molar-refractivity contribution in [2.24, 2.45) is 0 Å². The molecule has 1 aliphatic rings. The van der Waals surface area contributed by atoms with Crippen molar-refractivity contribution < 1.29 is 22.8 Å². The van der Waals surface area contributed by atoms with Crippen LogP contribution < -0.4 is 15.5 Å². The van der Waals surface area contributed by atoms with Crippen molar-refractivity contribution in [2.75, 3.05) is 24.5 Å². The Bertz CT molecular complexity index is 1460. The smallest absolute Gasteiger partial charge is 0.271 e. The van der Waals surface area contributed by atoms with Crippen molar-refractivity contribution in [1.82, 2.24) is 30.2 Å². The molecule has 3 aromatic heterocycles. The first-order valence-electron chi connectivity index (χ1n) is 12.9. The number of nitrogens with one attached hydrogen (secondary N) is 2. The van der Waals surface area contributed by atoms with Gasteiger partial charge in [0.15, 0.2) is 11.3 Å². The highest BCUT2D eigenvalue weighted by Gasteiger charge is 2.26. The largest absolute Gasteiger partial charge is 0.353 e. The minimum Gasteiger partial charge on any atom is -0.353 e. The third-order valence-electron chi connectivity index (χ3n) is 6.41. The average molecular weight is 554 g/mol. The molecule has 1 aromatic carbocycles. The van der Waals surface area contributed by atoms with E-state index in [9.17, 15) is 22.8 Å². The summed E-state index contributed by atoms with van der Waals surface area (Å²) in [6, 6.07) is 13.1. The summed E-state index contributed by atoms with van der Waals surface area (Å²) in [6.07, 6.45) is 1.99. The van der Waals surface area contributed by atoms with E-state index in [1.54, 1.807) is 42.6 Å². The zero-order valence-electron chi connectivity index (χ0n) is 22.2. The van der Waals surface area contributed by atoms with Crippen molar-refractivity contribution in [3.05, 3.63) is 89.3 Å². The fourth-order valence-electron chi connectivity index (χ4n) is 4.29. The lowest BCUT2D eigenvalue weighted by Crippen LogP contribution is -2.37. The minimum atomic E-state index is -2.64. The van der Waals surface area contributed by atoms with Crippen LogP contribution in [0.3, 0.4) is 0 Å². The van der Waals surface area contributed by atoms with Crippen LogP contribution >= 0.6 is 0 Å². The number of alkyl halides is 2. The highest BCUT2D eigenvalue weighted by atomic mass is 19.3. The van der Waals surface area contributed by atoms with Crippen LogP contribution in [0.2, 0.25) is 0 Å². The molecule has 5 rings (SSSR count). The third kappa shape index (κ3) is 7.13. The second kappa shape index (κ2) is 13.0. The van der Waals surface area contributed by atoms with Gasteiger partial charge in [-0.05, 0) is 61.2 Å². The van der Waals surface area contributed by atoms with E-state index in [-0.39, 0.29) is 23.5 Å². The molecule has 0 bridgehead atoms. The Labute approximate surface area is 229 Å². The van der Waals surface area contributed by atoms with Crippen LogP contribution in [0.5, 0.6) is 0 Å². The number of pyridine rings is 1. The first-order chi connectivity index (χ1) is 19.2. The molecule has 0 radical (unpaired) electrons. The lowest BCUT2D eigenvalue weighted by molar-refractivity contribution is 0.0884. The Morgan fingerprint density at radius 2 is 1.85 bits per heavy atom. The number of rotatable bonds is 7. The molecule has 0 unspecified atom stereocenters. The highest BCUT2D eigenvalue weighted by Crippen LogP contribution is 2.20. The molecule has 40 heavy (non-hydrogen) atoms. The predicted molar refractivity (Wildman–Crippen MR) is 144 cm³/mol. The number of benzene rings is 1. The first kappa shape index (κ1) is 28.5. The van der Waals surface area contributed by atoms with Crippen molar-refractivity contribution in [2.45, 2.75) is 39.2 Å². The summed E-state index contributed by atoms with van der Waals surface area (Å²) >= 11 is 0. The zero-order chi connectivity index (χ0) is 28.6. The number of halogens is 3. The number of hydrogen-bond acceptors (Lipinski definition) is 6. The normalized spacial score (nSPS) is 14.7. The van der Waals surface area contributed by atoms with E-state index >= 15 is 0 Å². The quantitative estimate of drug-likeness (QED) is 0.361. The molecule has 1 saturated heterocycles. The van der Waals surface area contributed by atoms with Gasteiger partial charge in [0.05, 0.1) is 12.7 Å². The van der Waals surface area contributed by atoms with E-state index in [4.69, 9.17) is 0 Å². The van der Waals surface area contributed by atoms with E-state index in [0.717, 1.165) is 24.0 Å². The number of carbonyl (C=O) groups excluding carboxylic acids is 2. The van der Waals surface area contributed by atoms with Crippen LogP contribution in [0.1, 0.15) is 45.4 Å². The number of aryl methyl sites for hydroxylation is 2. The van der Waals surface area contributed by atoms with Gasteiger partial charge >= 0.3 is 0 Å². The van der Waals surface area contributed by atoms with Gasteiger partial charge in [0.25, 0.3) is 18.2 Å². The molecule has 210 valence electrons. The van der Waals surface area contributed by atoms with Crippen LogP contribution in [-0.4, -0.2) is 63.5 Å². The van der Waals surface area contributed by atoms with Gasteiger partial charge in [-0.3, -0.25) is 14.6 Å². The van der Waals surface area contributed by atoms with Crippen LogP contribution in [0.4, 0.5) is 19.0 Å². The minimum absolute atomic E-state index is 0.0773. The average Bonchev–Trinajstić information content (AvgIpc) is 3.59. The number of aromatic nitrogens is 4. The molecule has 2 N–H and O–H groups in total. The van der Waals surface area contributed by atoms with Crippen molar-refractivity contribution in [1.29, 1.82) is 0 Å². The Balaban J connectivity index is 0.000000461. The first-order valence-corrected chi connectivity index (χ1v) is 12.9. The number of imidazole rings is 1. The molecule has 4 heterocycles. The second-order valence-corrected chi connectivity index (χ2v) is 9.26. The number of fused-ring (bicyclic) bond motifs is 1. The summed E-state index contributed by atoms with van der Waals surface area (Å²) in [4.78, 5) is 35.2. The van der Waals surface area contributed by atoms with Crippen LogP contribution in [0.15, 0.2) is 60.9 Å². The predicted octanol–water partition coefficient (Wildman–Crippen LogP) is 3.82. The number of anilines is 1. The molecular formula is C28H30F3N7O2. The maximum Gasteiger partial charge on any atom is 0.271 e. The maximum absolute atomic E-state index is 12.6. The lowest BCUT2D eigenvalue weighted by atomic mass is 10.1. The van der Waals surface area contributed by atoms with E-state index in [1.807, 2.05) is 18.7 Å². The Kier molecular flexibility index (Phi) is 9.31. The molecule has 0 spiro atoms. The standard InChI is InChI=1S/C22H25F2N7O2.C6H5F/c1-3-14-9-25-16(8-13(14)2)21(32)28-15-6-7-30(12-15)20-5-4-19-26-10-17(31(19)29-20)22(33)27-11-18(23)24;7-6-4-2-1-3-5-6/h4-5,8-10,15,18H,3,6-7,11-12H2,1-2H3,(H,27,33)(H,28,32);1-5H/t15-;/m0./s1. The summed E-state index contributed by atoms with van der Waals surface area (Å²) in [5.74, 6) is -0.469. The Hall–Kier alpha value is -4.48. The molecular weight excluding hydrogens is 523 g/mol. The van der Waals surface area contributed by atoms with Crippen LogP contribution in [-0.2, 0) is 6.42 Å². The summed E-state index contributed by atoms with van der Waals surface area (Å²) in [5.41, 5.74) is 3.05. The SMILES string of the molecule is CCc1cnc(C(=O)N[C@H]2CCN(c3ccc4ncc(C(=O)NCC(F)F)n4n3)C2)cc1C.Fc1ccccc1. The molecule has 9 nitrogen and oxygen atoms in total. The summed E-state index contributed by atoms with van der Waals surface area (Å²) in [7, 11) is 0. The monoisotopic (exact) mass is 553 g/mol. The zero-order valence-corrected chi connectivity index (χ0v) is 22.2. The van der Waals surface area contributed by atoms with Gasteiger partial charge in [0.1, 0.15) is 17.3 Å². The van der Waals surface area contributed by atoms with Crippen molar-refractivity contribution >= 4 is 23.3 Å². The number of carbonyl (C=O) groups is 2. The van der Waals surface area contributed by atoms with Crippen LogP contribution in [0, 0.1) is 12.7 Å². The molecule has 4 aromatic rings. The van der Waals surface area contributed by atoms with E-state index < -0.39 is 18.9 Å². The molecule has 0 aliphatic carbocycles. The molecule has 1 atom stereocenters. The highest BCUT2D eigenvalue weighted by molar-refractivity contribution is 5.93. The molecule has 2 amide bonds. The number of hydrogen-bond donors (Lipinski definition) is 2. The molecule has 0 saturated carbocycles. The lowest BCUT2D eigenvalue weighted by Gasteiger charge is -2.18. The van der Waals surface area contributed by atoms with Gasteiger partial charge in [0, 0.05) is 25.3 Å². The maximum atomic E-state index is 12.6. The van der Waals surface area contributed by atoms with Gasteiger partial charge in [-0.2, -0.15) is 0 Å². The Morgan fingerprint density at radius 3 is 2.50 bits per heavy atom. The van der Waals surface area contributed by atoms with Crippen molar-refractivity contribution in [3.8, 4) is 0 Å². The molecule has 1 aliphatic heterocycles. The van der Waals surface area contributed by atoms with Gasteiger partial charge in [-0.25, -0.2) is 22.7 Å². The van der Waals surface area contributed by atoms with Gasteiger partial charge in [-0.15, -0.1) is 5.10 Å². The number of amides is 2. The second-order valence-electron chi connectivity index (χ2n) is 9.26. The fourth-order valence-corrected chi connectivity index (χ4v) is 4.29. The third-order valence-corrected chi connectivity index (χ3v) is 6.41. The van der Waals surface area contributed by atoms with Gasteiger partial charge < -0.3 is 15.5 Å².